The molecule has 17 heavy (non-hydrogen) atoms. The van der Waals surface area contributed by atoms with E-state index < -0.39 is 0 Å². The van der Waals surface area contributed by atoms with Crippen molar-refractivity contribution in [2.75, 3.05) is 5.32 Å². The van der Waals surface area contributed by atoms with E-state index in [1.54, 1.807) is 6.26 Å². The van der Waals surface area contributed by atoms with Crippen molar-refractivity contribution >= 4 is 28.6 Å². The van der Waals surface area contributed by atoms with E-state index in [-0.39, 0.29) is 17.0 Å². The second-order valence-electron chi connectivity index (χ2n) is 3.27. The van der Waals surface area contributed by atoms with Gasteiger partial charge in [-0.1, -0.05) is 18.2 Å². The summed E-state index contributed by atoms with van der Waals surface area (Å²) in [7, 11) is 0. The van der Waals surface area contributed by atoms with Gasteiger partial charge in [0.25, 0.3) is 0 Å². The highest BCUT2D eigenvalue weighted by atomic mass is 79.9. The van der Waals surface area contributed by atoms with Gasteiger partial charge >= 0.3 is 0 Å². The number of furan rings is 1. The summed E-state index contributed by atoms with van der Waals surface area (Å²) in [6, 6.07) is 13.3. The average Bonchev–Trinajstić information content (AvgIpc) is 2.81. The van der Waals surface area contributed by atoms with E-state index in [2.05, 4.69) is 10.3 Å². The smallest absolute Gasteiger partial charge is 0.193 e. The molecule has 0 bridgehead atoms. The monoisotopic (exact) mass is 295 g/mol. The van der Waals surface area contributed by atoms with Crippen LogP contribution in [0.2, 0.25) is 0 Å². The van der Waals surface area contributed by atoms with Crippen LogP contribution < -0.4 is 11.1 Å². The minimum absolute atomic E-state index is 0. The summed E-state index contributed by atoms with van der Waals surface area (Å²) in [5.41, 5.74) is 6.64. The standard InChI is InChI=1S/C12H13N3O.BrH/c13-12(14-9-11-7-4-8-16-11)15-10-5-2-1-3-6-10;/h1-8H,9H2,(H3,13,14,15);1H. The lowest BCUT2D eigenvalue weighted by molar-refractivity contribution is 0.513. The number of aliphatic imine (C=N–C) groups is 1. The third-order valence-electron chi connectivity index (χ3n) is 2.03. The summed E-state index contributed by atoms with van der Waals surface area (Å²) in [4.78, 5) is 4.15. The van der Waals surface area contributed by atoms with Gasteiger partial charge in [0.05, 0.1) is 6.26 Å². The van der Waals surface area contributed by atoms with Crippen molar-refractivity contribution in [3.8, 4) is 0 Å². The molecule has 0 aliphatic heterocycles. The molecule has 0 radical (unpaired) electrons. The van der Waals surface area contributed by atoms with E-state index in [4.69, 9.17) is 10.2 Å². The maximum atomic E-state index is 5.72. The summed E-state index contributed by atoms with van der Waals surface area (Å²) in [5, 5.41) is 2.99. The number of para-hydroxylation sites is 1. The molecule has 5 heteroatoms. The van der Waals surface area contributed by atoms with Crippen molar-refractivity contribution < 1.29 is 4.42 Å². The van der Waals surface area contributed by atoms with E-state index >= 15 is 0 Å². The lowest BCUT2D eigenvalue weighted by atomic mass is 10.3. The predicted molar refractivity (Wildman–Crippen MR) is 74.4 cm³/mol. The fourth-order valence-corrected chi connectivity index (χ4v) is 1.27. The first kappa shape index (κ1) is 13.3. The molecule has 0 saturated carbocycles. The average molecular weight is 296 g/mol. The Bertz CT molecular complexity index is 454. The van der Waals surface area contributed by atoms with Gasteiger partial charge in [-0.15, -0.1) is 17.0 Å². The molecule has 0 saturated heterocycles. The van der Waals surface area contributed by atoms with Gasteiger partial charge in [0.2, 0.25) is 0 Å². The minimum Gasteiger partial charge on any atom is -0.467 e. The van der Waals surface area contributed by atoms with Crippen LogP contribution in [0.4, 0.5) is 5.69 Å². The summed E-state index contributed by atoms with van der Waals surface area (Å²) in [6.45, 7) is 0.443. The van der Waals surface area contributed by atoms with Gasteiger partial charge in [0, 0.05) is 5.69 Å². The molecule has 0 fully saturated rings. The minimum atomic E-state index is 0. The summed E-state index contributed by atoms with van der Waals surface area (Å²) in [5.74, 6) is 1.17. The van der Waals surface area contributed by atoms with Crippen molar-refractivity contribution in [3.05, 3.63) is 54.5 Å². The number of hydrogen-bond acceptors (Lipinski definition) is 2. The van der Waals surface area contributed by atoms with E-state index in [9.17, 15) is 0 Å². The summed E-state index contributed by atoms with van der Waals surface area (Å²) in [6.07, 6.45) is 1.62. The first-order valence-corrected chi connectivity index (χ1v) is 4.99. The Labute approximate surface area is 110 Å². The number of nitrogens with zero attached hydrogens (tertiary/aromatic N) is 1. The molecule has 1 aromatic heterocycles. The molecule has 0 spiro atoms. The maximum absolute atomic E-state index is 5.72. The van der Waals surface area contributed by atoms with Crippen LogP contribution in [0.25, 0.3) is 0 Å². The van der Waals surface area contributed by atoms with Gasteiger partial charge in [-0.05, 0) is 24.3 Å². The fourth-order valence-electron chi connectivity index (χ4n) is 1.27. The van der Waals surface area contributed by atoms with Gasteiger partial charge in [0.1, 0.15) is 12.3 Å². The Morgan fingerprint density at radius 3 is 2.59 bits per heavy atom. The normalized spacial score (nSPS) is 10.7. The molecule has 2 rings (SSSR count). The Balaban J connectivity index is 0.00000144. The van der Waals surface area contributed by atoms with Crippen molar-refractivity contribution in [1.82, 2.24) is 0 Å². The molecule has 4 nitrogen and oxygen atoms in total. The number of hydrogen-bond donors (Lipinski definition) is 2. The largest absolute Gasteiger partial charge is 0.467 e. The molecule has 0 aliphatic carbocycles. The zero-order valence-corrected chi connectivity index (χ0v) is 10.9. The molecule has 1 aromatic carbocycles. The van der Waals surface area contributed by atoms with Crippen LogP contribution in [-0.4, -0.2) is 5.96 Å². The molecule has 0 amide bonds. The topological polar surface area (TPSA) is 63.5 Å². The molecule has 0 atom stereocenters. The van der Waals surface area contributed by atoms with Gasteiger partial charge in [0.15, 0.2) is 5.96 Å². The Morgan fingerprint density at radius 1 is 1.18 bits per heavy atom. The lowest BCUT2D eigenvalue weighted by Crippen LogP contribution is -2.22. The predicted octanol–water partition coefficient (Wildman–Crippen LogP) is 2.78. The zero-order valence-electron chi connectivity index (χ0n) is 9.17. The van der Waals surface area contributed by atoms with E-state index in [1.165, 1.54) is 0 Å². The Morgan fingerprint density at radius 2 is 1.94 bits per heavy atom. The number of nitrogens with two attached hydrogens (primary N) is 1. The summed E-state index contributed by atoms with van der Waals surface area (Å²) < 4.78 is 5.14. The van der Waals surface area contributed by atoms with Gasteiger partial charge < -0.3 is 15.5 Å². The molecular weight excluding hydrogens is 282 g/mol. The maximum Gasteiger partial charge on any atom is 0.193 e. The van der Waals surface area contributed by atoms with E-state index in [0.717, 1.165) is 11.4 Å². The third-order valence-corrected chi connectivity index (χ3v) is 2.03. The van der Waals surface area contributed by atoms with Crippen molar-refractivity contribution in [1.29, 1.82) is 0 Å². The van der Waals surface area contributed by atoms with Crippen LogP contribution >= 0.6 is 17.0 Å². The van der Waals surface area contributed by atoms with Gasteiger partial charge in [-0.3, -0.25) is 0 Å². The van der Waals surface area contributed by atoms with Crippen LogP contribution in [-0.2, 0) is 6.54 Å². The number of benzene rings is 1. The first-order chi connectivity index (χ1) is 7.84. The van der Waals surface area contributed by atoms with Crippen LogP contribution in [0, 0.1) is 0 Å². The molecule has 3 N–H and O–H groups in total. The number of rotatable bonds is 3. The van der Waals surface area contributed by atoms with Gasteiger partial charge in [-0.2, -0.15) is 0 Å². The molecule has 90 valence electrons. The van der Waals surface area contributed by atoms with Gasteiger partial charge in [-0.25, -0.2) is 4.99 Å². The zero-order chi connectivity index (χ0) is 11.2. The van der Waals surface area contributed by atoms with E-state index in [1.807, 2.05) is 42.5 Å². The highest BCUT2D eigenvalue weighted by Crippen LogP contribution is 2.05. The highest BCUT2D eigenvalue weighted by molar-refractivity contribution is 8.93. The second kappa shape index (κ2) is 6.75. The SMILES string of the molecule is Br.NC(=NCc1ccco1)Nc1ccccc1. The lowest BCUT2D eigenvalue weighted by Gasteiger charge is -2.04. The quantitative estimate of drug-likeness (QED) is 0.676. The third kappa shape index (κ3) is 4.32. The van der Waals surface area contributed by atoms with Crippen molar-refractivity contribution in [3.63, 3.8) is 0 Å². The molecule has 1 heterocycles. The van der Waals surface area contributed by atoms with Crippen LogP contribution in [0.5, 0.6) is 0 Å². The highest BCUT2D eigenvalue weighted by Gasteiger charge is 1.95. The first-order valence-electron chi connectivity index (χ1n) is 4.99. The molecule has 0 unspecified atom stereocenters. The van der Waals surface area contributed by atoms with E-state index in [0.29, 0.717) is 12.5 Å². The van der Waals surface area contributed by atoms with Crippen LogP contribution in [0.15, 0.2) is 58.1 Å². The molecule has 0 aliphatic rings. The number of guanidine groups is 1. The van der Waals surface area contributed by atoms with Crippen molar-refractivity contribution in [2.45, 2.75) is 6.54 Å². The second-order valence-corrected chi connectivity index (χ2v) is 3.27. The van der Waals surface area contributed by atoms with Crippen molar-refractivity contribution in [2.24, 2.45) is 10.7 Å². The Hall–Kier alpha value is -1.75. The number of nitrogens with one attached hydrogen (secondary N) is 1. The Kier molecular flexibility index (Phi) is 5.29. The fraction of sp³-hybridized carbons (Fsp3) is 0.0833. The molecular formula is C12H14BrN3O. The van der Waals surface area contributed by atoms with Crippen LogP contribution in [0.3, 0.4) is 0 Å². The number of anilines is 1. The summed E-state index contributed by atoms with van der Waals surface area (Å²) >= 11 is 0. The number of halogens is 1. The van der Waals surface area contributed by atoms with Crippen LogP contribution in [0.1, 0.15) is 5.76 Å². The molecule has 2 aromatic rings.